The summed E-state index contributed by atoms with van der Waals surface area (Å²) in [4.78, 5) is 23.1. The van der Waals surface area contributed by atoms with Crippen molar-refractivity contribution >= 4 is 34.3 Å². The Morgan fingerprint density at radius 3 is 2.67 bits per heavy atom. The SMILES string of the molecule is CCOC(=O)C(=O)C1=C(I)C2C=CC1C2. The third-order valence-corrected chi connectivity index (χ3v) is 4.12. The van der Waals surface area contributed by atoms with Gasteiger partial charge in [0.05, 0.1) is 6.61 Å². The first kappa shape index (κ1) is 10.9. The Morgan fingerprint density at radius 1 is 1.47 bits per heavy atom. The number of rotatable bonds is 3. The number of ether oxygens (including phenoxy) is 1. The highest BCUT2D eigenvalue weighted by molar-refractivity contribution is 14.1. The van der Waals surface area contributed by atoms with Crippen molar-refractivity contribution in [1.29, 1.82) is 0 Å². The second-order valence-electron chi connectivity index (χ2n) is 3.64. The maximum atomic E-state index is 11.8. The summed E-state index contributed by atoms with van der Waals surface area (Å²) in [6.07, 6.45) is 5.06. The number of esters is 1. The first-order valence-electron chi connectivity index (χ1n) is 4.94. The molecule has 0 aromatic rings. The van der Waals surface area contributed by atoms with E-state index < -0.39 is 11.8 Å². The van der Waals surface area contributed by atoms with E-state index in [9.17, 15) is 9.59 Å². The van der Waals surface area contributed by atoms with E-state index in [4.69, 9.17) is 4.74 Å². The van der Waals surface area contributed by atoms with Gasteiger partial charge in [0.25, 0.3) is 5.78 Å². The number of halogens is 1. The zero-order chi connectivity index (χ0) is 11.0. The zero-order valence-corrected chi connectivity index (χ0v) is 10.5. The van der Waals surface area contributed by atoms with Crippen LogP contribution in [-0.4, -0.2) is 18.4 Å². The van der Waals surface area contributed by atoms with Crippen LogP contribution in [-0.2, 0) is 14.3 Å². The number of ketones is 1. The molecule has 15 heavy (non-hydrogen) atoms. The number of fused-ring (bicyclic) bond motifs is 2. The topological polar surface area (TPSA) is 43.4 Å². The number of hydrogen-bond acceptors (Lipinski definition) is 3. The van der Waals surface area contributed by atoms with Crippen LogP contribution in [0.4, 0.5) is 0 Å². The maximum absolute atomic E-state index is 11.8. The summed E-state index contributed by atoms with van der Waals surface area (Å²) in [5.41, 5.74) is 0.654. The van der Waals surface area contributed by atoms with Crippen molar-refractivity contribution in [2.45, 2.75) is 13.3 Å². The van der Waals surface area contributed by atoms with Gasteiger partial charge < -0.3 is 4.74 Å². The second-order valence-corrected chi connectivity index (χ2v) is 4.81. The largest absolute Gasteiger partial charge is 0.460 e. The van der Waals surface area contributed by atoms with Crippen molar-refractivity contribution in [2.24, 2.45) is 11.8 Å². The van der Waals surface area contributed by atoms with Gasteiger partial charge in [-0.1, -0.05) is 12.2 Å². The molecule has 0 saturated heterocycles. The summed E-state index contributed by atoms with van der Waals surface area (Å²) < 4.78 is 5.73. The van der Waals surface area contributed by atoms with Gasteiger partial charge in [0, 0.05) is 21.0 Å². The van der Waals surface area contributed by atoms with Crippen LogP contribution in [0.15, 0.2) is 21.3 Å². The Labute approximate surface area is 102 Å². The van der Waals surface area contributed by atoms with E-state index in [2.05, 4.69) is 28.7 Å². The first-order valence-corrected chi connectivity index (χ1v) is 6.02. The van der Waals surface area contributed by atoms with E-state index in [1.165, 1.54) is 0 Å². The summed E-state index contributed by atoms with van der Waals surface area (Å²) in [6.45, 7) is 1.95. The summed E-state index contributed by atoms with van der Waals surface area (Å²) in [5.74, 6) is -0.691. The molecule has 0 N–H and O–H groups in total. The van der Waals surface area contributed by atoms with Crippen molar-refractivity contribution in [3.63, 3.8) is 0 Å². The molecule has 2 aliphatic carbocycles. The van der Waals surface area contributed by atoms with Crippen LogP contribution < -0.4 is 0 Å². The number of hydrogen-bond donors (Lipinski definition) is 0. The second kappa shape index (κ2) is 4.08. The Bertz CT molecular complexity index is 381. The summed E-state index contributed by atoms with van der Waals surface area (Å²) in [6, 6.07) is 0. The zero-order valence-electron chi connectivity index (χ0n) is 8.33. The van der Waals surface area contributed by atoms with Gasteiger partial charge in [0.15, 0.2) is 0 Å². The molecule has 2 rings (SSSR count). The van der Waals surface area contributed by atoms with Gasteiger partial charge in [-0.15, -0.1) is 0 Å². The Hall–Kier alpha value is -0.650. The van der Waals surface area contributed by atoms with Crippen LogP contribution in [0.2, 0.25) is 0 Å². The van der Waals surface area contributed by atoms with E-state index >= 15 is 0 Å². The van der Waals surface area contributed by atoms with Gasteiger partial charge in [-0.2, -0.15) is 0 Å². The lowest BCUT2D eigenvalue weighted by Crippen LogP contribution is -2.22. The molecule has 3 nitrogen and oxygen atoms in total. The van der Waals surface area contributed by atoms with Gasteiger partial charge in [-0.05, 0) is 35.9 Å². The minimum Gasteiger partial charge on any atom is -0.460 e. The molecule has 0 heterocycles. The van der Waals surface area contributed by atoms with Crippen LogP contribution in [0.3, 0.4) is 0 Å². The van der Waals surface area contributed by atoms with E-state index in [0.717, 1.165) is 10.0 Å². The van der Waals surface area contributed by atoms with E-state index in [-0.39, 0.29) is 12.5 Å². The number of carbonyl (C=O) groups excluding carboxylic acids is 2. The third kappa shape index (κ3) is 1.75. The molecular formula is C11H11IO3. The summed E-state index contributed by atoms with van der Waals surface area (Å²) >= 11 is 2.16. The lowest BCUT2D eigenvalue weighted by atomic mass is 9.99. The molecule has 4 heteroatoms. The summed E-state index contributed by atoms with van der Waals surface area (Å²) in [5, 5.41) is 0. The number of Topliss-reactive ketones (excluding diaryl/α,β-unsaturated/α-hetero) is 1. The fraction of sp³-hybridized carbons (Fsp3) is 0.455. The Morgan fingerprint density at radius 2 is 2.13 bits per heavy atom. The monoisotopic (exact) mass is 318 g/mol. The van der Waals surface area contributed by atoms with Crippen LogP contribution in [0, 0.1) is 11.8 Å². The van der Waals surface area contributed by atoms with Gasteiger partial charge >= 0.3 is 5.97 Å². The highest BCUT2D eigenvalue weighted by Crippen LogP contribution is 2.46. The van der Waals surface area contributed by atoms with Gasteiger partial charge in [0.1, 0.15) is 0 Å². The van der Waals surface area contributed by atoms with Crippen LogP contribution in [0.1, 0.15) is 13.3 Å². The smallest absolute Gasteiger partial charge is 0.379 e. The molecule has 0 aromatic heterocycles. The normalized spacial score (nSPS) is 27.3. The molecule has 0 amide bonds. The molecule has 2 bridgehead atoms. The highest BCUT2D eigenvalue weighted by atomic mass is 127. The third-order valence-electron chi connectivity index (χ3n) is 2.74. The van der Waals surface area contributed by atoms with E-state index in [0.29, 0.717) is 11.5 Å². The molecule has 0 radical (unpaired) electrons. The van der Waals surface area contributed by atoms with Gasteiger partial charge in [0.2, 0.25) is 0 Å². The molecule has 2 unspecified atom stereocenters. The number of carbonyl (C=O) groups is 2. The van der Waals surface area contributed by atoms with Crippen LogP contribution >= 0.6 is 22.6 Å². The molecule has 0 saturated carbocycles. The molecule has 0 fully saturated rings. The Kier molecular flexibility index (Phi) is 2.95. The molecular weight excluding hydrogens is 307 g/mol. The van der Waals surface area contributed by atoms with Crippen molar-refractivity contribution in [2.75, 3.05) is 6.61 Å². The minimum absolute atomic E-state index is 0.138. The van der Waals surface area contributed by atoms with E-state index in [1.54, 1.807) is 6.92 Å². The average molecular weight is 318 g/mol. The van der Waals surface area contributed by atoms with Gasteiger partial charge in [-0.25, -0.2) is 4.79 Å². The fourth-order valence-corrected chi connectivity index (χ4v) is 3.17. The summed E-state index contributed by atoms with van der Waals surface area (Å²) in [7, 11) is 0. The van der Waals surface area contributed by atoms with Crippen LogP contribution in [0.5, 0.6) is 0 Å². The fourth-order valence-electron chi connectivity index (χ4n) is 2.06. The molecule has 0 aliphatic heterocycles. The molecule has 0 aromatic carbocycles. The van der Waals surface area contributed by atoms with Crippen molar-refractivity contribution in [1.82, 2.24) is 0 Å². The predicted molar refractivity (Wildman–Crippen MR) is 63.4 cm³/mol. The Balaban J connectivity index is 2.19. The standard InChI is InChI=1S/C11H11IO3/c1-2-15-11(14)10(13)8-6-3-4-7(5-6)9(8)12/h3-4,6-7H,2,5H2,1H3. The highest BCUT2D eigenvalue weighted by Gasteiger charge is 2.39. The number of allylic oxidation sites excluding steroid dienone is 3. The van der Waals surface area contributed by atoms with Gasteiger partial charge in [-0.3, -0.25) is 4.79 Å². The first-order chi connectivity index (χ1) is 7.15. The van der Waals surface area contributed by atoms with Crippen molar-refractivity contribution in [3.05, 3.63) is 21.3 Å². The average Bonchev–Trinajstić information content (AvgIpc) is 2.77. The molecule has 0 spiro atoms. The lowest BCUT2D eigenvalue weighted by Gasteiger charge is -2.09. The van der Waals surface area contributed by atoms with Crippen LogP contribution in [0.25, 0.3) is 0 Å². The van der Waals surface area contributed by atoms with Crippen molar-refractivity contribution < 1.29 is 14.3 Å². The minimum atomic E-state index is -0.720. The predicted octanol–water partition coefficient (Wildman–Crippen LogP) is 2.01. The van der Waals surface area contributed by atoms with E-state index in [1.807, 2.05) is 6.08 Å². The molecule has 80 valence electrons. The quantitative estimate of drug-likeness (QED) is 0.346. The molecule has 2 atom stereocenters. The molecule has 2 aliphatic rings. The van der Waals surface area contributed by atoms with Crippen molar-refractivity contribution in [3.8, 4) is 0 Å². The lowest BCUT2D eigenvalue weighted by molar-refractivity contribution is -0.151. The maximum Gasteiger partial charge on any atom is 0.379 e.